The Hall–Kier alpha value is -1.88. The van der Waals surface area contributed by atoms with E-state index >= 15 is 0 Å². The smallest absolute Gasteiger partial charge is 0.228 e. The Morgan fingerprint density at radius 2 is 2.10 bits per heavy atom. The van der Waals surface area contributed by atoms with Crippen LogP contribution < -0.4 is 5.73 Å². The third-order valence-corrected chi connectivity index (χ3v) is 4.13. The van der Waals surface area contributed by atoms with Crippen molar-refractivity contribution in [2.24, 2.45) is 11.7 Å². The maximum absolute atomic E-state index is 12.4. The van der Waals surface area contributed by atoms with Crippen LogP contribution in [0.15, 0.2) is 30.3 Å². The van der Waals surface area contributed by atoms with Crippen molar-refractivity contribution in [3.8, 4) is 0 Å². The molecule has 0 aromatic heterocycles. The van der Waals surface area contributed by atoms with Crippen molar-refractivity contribution in [3.05, 3.63) is 35.9 Å². The molecule has 114 valence electrons. The molecule has 5 heteroatoms. The quantitative estimate of drug-likeness (QED) is 0.873. The summed E-state index contributed by atoms with van der Waals surface area (Å²) in [7, 11) is 1.75. The number of amides is 2. The third-order valence-electron chi connectivity index (χ3n) is 4.13. The molecule has 2 atom stereocenters. The molecular formula is C16H23N3O2. The minimum absolute atomic E-state index is 0.00391. The molecule has 0 spiro atoms. The Morgan fingerprint density at radius 1 is 1.43 bits per heavy atom. The van der Waals surface area contributed by atoms with Crippen LogP contribution in [0.5, 0.6) is 0 Å². The predicted molar refractivity (Wildman–Crippen MR) is 81.3 cm³/mol. The fraction of sp³-hybridized carbons (Fsp3) is 0.500. The van der Waals surface area contributed by atoms with Gasteiger partial charge in [0.05, 0.1) is 5.92 Å². The summed E-state index contributed by atoms with van der Waals surface area (Å²) in [6, 6.07) is 9.83. The largest absolute Gasteiger partial charge is 0.341 e. The lowest BCUT2D eigenvalue weighted by Crippen LogP contribution is -2.43. The van der Waals surface area contributed by atoms with Crippen LogP contribution in [-0.4, -0.2) is 47.8 Å². The van der Waals surface area contributed by atoms with E-state index in [1.54, 1.807) is 16.8 Å². The van der Waals surface area contributed by atoms with Gasteiger partial charge in [0.1, 0.15) is 0 Å². The normalized spacial score (nSPS) is 19.7. The van der Waals surface area contributed by atoms with Gasteiger partial charge < -0.3 is 15.5 Å². The van der Waals surface area contributed by atoms with E-state index in [0.29, 0.717) is 26.1 Å². The zero-order valence-electron chi connectivity index (χ0n) is 12.7. The summed E-state index contributed by atoms with van der Waals surface area (Å²) in [6.45, 7) is 3.40. The summed E-state index contributed by atoms with van der Waals surface area (Å²) < 4.78 is 0. The maximum atomic E-state index is 12.4. The zero-order valence-corrected chi connectivity index (χ0v) is 12.7. The molecule has 0 bridgehead atoms. The summed E-state index contributed by atoms with van der Waals surface area (Å²) in [5.74, 6) is -0.192. The van der Waals surface area contributed by atoms with Gasteiger partial charge in [0.2, 0.25) is 11.8 Å². The standard InChI is InChI=1S/C16H23N3O2/c1-12(9-17)18(2)16(21)14-8-15(20)19(11-14)10-13-6-4-3-5-7-13/h3-7,12,14H,8-11,17H2,1-2H3. The highest BCUT2D eigenvalue weighted by Gasteiger charge is 2.36. The van der Waals surface area contributed by atoms with E-state index in [1.165, 1.54) is 0 Å². The van der Waals surface area contributed by atoms with Gasteiger partial charge in [-0.3, -0.25) is 9.59 Å². The molecule has 2 N–H and O–H groups in total. The maximum Gasteiger partial charge on any atom is 0.228 e. The van der Waals surface area contributed by atoms with Crippen LogP contribution in [0.25, 0.3) is 0 Å². The molecule has 1 saturated heterocycles. The molecule has 1 aromatic carbocycles. The average Bonchev–Trinajstić information content (AvgIpc) is 2.87. The van der Waals surface area contributed by atoms with E-state index in [-0.39, 0.29) is 23.8 Å². The Morgan fingerprint density at radius 3 is 2.71 bits per heavy atom. The fourth-order valence-electron chi connectivity index (χ4n) is 2.56. The summed E-state index contributed by atoms with van der Waals surface area (Å²) in [6.07, 6.45) is 0.299. The highest BCUT2D eigenvalue weighted by molar-refractivity contribution is 5.89. The van der Waals surface area contributed by atoms with Crippen molar-refractivity contribution in [1.82, 2.24) is 9.80 Å². The van der Waals surface area contributed by atoms with Gasteiger partial charge in [-0.1, -0.05) is 30.3 Å². The molecule has 0 saturated carbocycles. The van der Waals surface area contributed by atoms with Gasteiger partial charge >= 0.3 is 0 Å². The van der Waals surface area contributed by atoms with Gasteiger partial charge in [0.15, 0.2) is 0 Å². The van der Waals surface area contributed by atoms with E-state index < -0.39 is 0 Å². The molecule has 1 aliphatic heterocycles. The van der Waals surface area contributed by atoms with Gasteiger partial charge in [0.25, 0.3) is 0 Å². The molecule has 5 nitrogen and oxygen atoms in total. The second kappa shape index (κ2) is 6.72. The van der Waals surface area contributed by atoms with Crippen LogP contribution in [0, 0.1) is 5.92 Å². The first kappa shape index (κ1) is 15.5. The highest BCUT2D eigenvalue weighted by Crippen LogP contribution is 2.22. The SMILES string of the molecule is CC(CN)N(C)C(=O)C1CC(=O)N(Cc2ccccc2)C1. The topological polar surface area (TPSA) is 66.6 Å². The Balaban J connectivity index is 1.98. The summed E-state index contributed by atoms with van der Waals surface area (Å²) in [4.78, 5) is 27.9. The van der Waals surface area contributed by atoms with Gasteiger partial charge in [-0.25, -0.2) is 0 Å². The minimum Gasteiger partial charge on any atom is -0.341 e. The van der Waals surface area contributed by atoms with E-state index in [1.807, 2.05) is 37.3 Å². The lowest BCUT2D eigenvalue weighted by molar-refractivity contribution is -0.136. The van der Waals surface area contributed by atoms with Crippen molar-refractivity contribution >= 4 is 11.8 Å². The van der Waals surface area contributed by atoms with Gasteiger partial charge in [-0.2, -0.15) is 0 Å². The molecule has 2 rings (SSSR count). The fourth-order valence-corrected chi connectivity index (χ4v) is 2.56. The third kappa shape index (κ3) is 3.61. The molecule has 0 radical (unpaired) electrons. The molecule has 0 aliphatic carbocycles. The second-order valence-corrected chi connectivity index (χ2v) is 5.69. The van der Waals surface area contributed by atoms with Crippen molar-refractivity contribution in [3.63, 3.8) is 0 Å². The lowest BCUT2D eigenvalue weighted by Gasteiger charge is -2.26. The van der Waals surface area contributed by atoms with E-state index in [4.69, 9.17) is 5.73 Å². The zero-order chi connectivity index (χ0) is 15.4. The average molecular weight is 289 g/mol. The molecule has 2 unspecified atom stereocenters. The van der Waals surface area contributed by atoms with Crippen molar-refractivity contribution < 1.29 is 9.59 Å². The number of likely N-dealkylation sites (N-methyl/N-ethyl adjacent to an activating group) is 1. The van der Waals surface area contributed by atoms with Crippen LogP contribution in [0.4, 0.5) is 0 Å². The molecule has 1 fully saturated rings. The van der Waals surface area contributed by atoms with E-state index in [9.17, 15) is 9.59 Å². The first-order valence-corrected chi connectivity index (χ1v) is 7.31. The van der Waals surface area contributed by atoms with Crippen molar-refractivity contribution in [2.75, 3.05) is 20.1 Å². The molecule has 1 aliphatic rings. The van der Waals surface area contributed by atoms with Crippen LogP contribution >= 0.6 is 0 Å². The predicted octanol–water partition coefficient (Wildman–Crippen LogP) is 0.841. The Bertz CT molecular complexity index is 504. The monoisotopic (exact) mass is 289 g/mol. The number of benzene rings is 1. The number of rotatable bonds is 5. The molecule has 2 amide bonds. The number of carbonyl (C=O) groups is 2. The highest BCUT2D eigenvalue weighted by atomic mass is 16.2. The summed E-state index contributed by atoms with van der Waals surface area (Å²) >= 11 is 0. The number of hydrogen-bond donors (Lipinski definition) is 1. The van der Waals surface area contributed by atoms with E-state index in [2.05, 4.69) is 0 Å². The van der Waals surface area contributed by atoms with E-state index in [0.717, 1.165) is 5.56 Å². The molecule has 1 heterocycles. The van der Waals surface area contributed by atoms with Crippen LogP contribution in [-0.2, 0) is 16.1 Å². The Kier molecular flexibility index (Phi) is 4.96. The molecular weight excluding hydrogens is 266 g/mol. The van der Waals surface area contributed by atoms with Crippen molar-refractivity contribution in [2.45, 2.75) is 25.9 Å². The second-order valence-electron chi connectivity index (χ2n) is 5.69. The van der Waals surface area contributed by atoms with Crippen molar-refractivity contribution in [1.29, 1.82) is 0 Å². The van der Waals surface area contributed by atoms with Gasteiger partial charge in [-0.15, -0.1) is 0 Å². The van der Waals surface area contributed by atoms with Crippen LogP contribution in [0.3, 0.4) is 0 Å². The first-order chi connectivity index (χ1) is 10.0. The van der Waals surface area contributed by atoms with Crippen LogP contribution in [0.1, 0.15) is 18.9 Å². The molecule has 1 aromatic rings. The number of carbonyl (C=O) groups excluding carboxylic acids is 2. The number of likely N-dealkylation sites (tertiary alicyclic amines) is 1. The van der Waals surface area contributed by atoms with Gasteiger partial charge in [-0.05, 0) is 12.5 Å². The number of nitrogens with zero attached hydrogens (tertiary/aromatic N) is 2. The molecule has 21 heavy (non-hydrogen) atoms. The first-order valence-electron chi connectivity index (χ1n) is 7.31. The summed E-state index contributed by atoms with van der Waals surface area (Å²) in [5, 5.41) is 0. The van der Waals surface area contributed by atoms with Crippen LogP contribution in [0.2, 0.25) is 0 Å². The number of nitrogens with two attached hydrogens (primary N) is 1. The Labute approximate surface area is 125 Å². The lowest BCUT2D eigenvalue weighted by atomic mass is 10.1. The number of hydrogen-bond acceptors (Lipinski definition) is 3. The summed E-state index contributed by atoms with van der Waals surface area (Å²) in [5.41, 5.74) is 6.68. The van der Waals surface area contributed by atoms with Gasteiger partial charge in [0, 0.05) is 39.1 Å². The minimum atomic E-state index is -0.250.